The number of carbonyl (C=O) groups excluding carboxylic acids is 1. The van der Waals surface area contributed by atoms with Gasteiger partial charge in [0.25, 0.3) is 0 Å². The van der Waals surface area contributed by atoms with Crippen LogP contribution in [0.5, 0.6) is 0 Å². The van der Waals surface area contributed by atoms with Crippen molar-refractivity contribution in [3.63, 3.8) is 0 Å². The molecule has 3 rings (SSSR count). The zero-order chi connectivity index (χ0) is 21.0. The second-order valence-corrected chi connectivity index (χ2v) is 7.98. The van der Waals surface area contributed by atoms with Crippen molar-refractivity contribution in [1.82, 2.24) is 19.7 Å². The smallest absolute Gasteiger partial charge is 0.163 e. The predicted molar refractivity (Wildman–Crippen MR) is 110 cm³/mol. The Bertz CT molecular complexity index is 1170. The average molecular weight is 426 g/mol. The van der Waals surface area contributed by atoms with Gasteiger partial charge in [-0.15, -0.1) is 0 Å². The van der Waals surface area contributed by atoms with Crippen LogP contribution < -0.4 is 0 Å². The molecule has 0 saturated carbocycles. The molecule has 0 amide bonds. The summed E-state index contributed by atoms with van der Waals surface area (Å²) in [5, 5.41) is 13.6. The molecule has 0 aliphatic carbocycles. The molecule has 0 N–H and O–H groups in total. The van der Waals surface area contributed by atoms with Gasteiger partial charge in [0, 0.05) is 51.2 Å². The van der Waals surface area contributed by atoms with E-state index in [1.807, 2.05) is 0 Å². The van der Waals surface area contributed by atoms with E-state index in [4.69, 9.17) is 16.9 Å². The van der Waals surface area contributed by atoms with E-state index in [2.05, 4.69) is 27.7 Å². The summed E-state index contributed by atoms with van der Waals surface area (Å²) in [4.78, 5) is 21.5. The van der Waals surface area contributed by atoms with Gasteiger partial charge in [0.15, 0.2) is 17.4 Å². The maximum absolute atomic E-state index is 12.6. The molecule has 1 aromatic carbocycles. The van der Waals surface area contributed by atoms with Crippen molar-refractivity contribution in [3.05, 3.63) is 71.4 Å². The number of allylic oxidation sites excluding steroid dienone is 1. The lowest BCUT2D eigenvalue weighted by atomic mass is 10.0. The van der Waals surface area contributed by atoms with Crippen molar-refractivity contribution in [2.75, 3.05) is 6.26 Å². The first kappa shape index (κ1) is 20.6. The summed E-state index contributed by atoms with van der Waals surface area (Å²) in [7, 11) is -1.24. The summed E-state index contributed by atoms with van der Waals surface area (Å²) in [6.45, 7) is 4.01. The Morgan fingerprint density at radius 3 is 2.79 bits per heavy atom. The molecule has 2 aromatic heterocycles. The van der Waals surface area contributed by atoms with Crippen LogP contribution in [-0.2, 0) is 10.8 Å². The topological polar surface area (TPSA) is 102 Å². The predicted octanol–water partition coefficient (Wildman–Crippen LogP) is 3.60. The quantitative estimate of drug-likeness (QED) is 0.536. The number of rotatable bonds is 7. The maximum atomic E-state index is 12.6. The highest BCUT2D eigenvalue weighted by Gasteiger charge is 2.15. The van der Waals surface area contributed by atoms with Gasteiger partial charge in [0.05, 0.1) is 11.6 Å². The Labute approximate surface area is 175 Å². The van der Waals surface area contributed by atoms with E-state index < -0.39 is 10.8 Å². The molecule has 29 heavy (non-hydrogen) atoms. The van der Waals surface area contributed by atoms with E-state index in [1.54, 1.807) is 30.3 Å². The summed E-state index contributed by atoms with van der Waals surface area (Å²) in [6, 6.07) is 9.97. The summed E-state index contributed by atoms with van der Waals surface area (Å²) in [5.41, 5.74) is 1.45. The van der Waals surface area contributed by atoms with Gasteiger partial charge in [0.2, 0.25) is 0 Å². The average Bonchev–Trinajstić information content (AvgIpc) is 3.21. The van der Waals surface area contributed by atoms with E-state index in [0.717, 1.165) is 0 Å². The van der Waals surface area contributed by atoms with Crippen molar-refractivity contribution in [3.8, 4) is 11.9 Å². The zero-order valence-electron chi connectivity index (χ0n) is 15.5. The van der Waals surface area contributed by atoms with Gasteiger partial charge in [-0.1, -0.05) is 18.2 Å². The van der Waals surface area contributed by atoms with Gasteiger partial charge in [0.1, 0.15) is 6.33 Å². The summed E-state index contributed by atoms with van der Waals surface area (Å²) < 4.78 is 13.2. The van der Waals surface area contributed by atoms with Gasteiger partial charge in [-0.25, -0.2) is 9.97 Å². The number of ketones is 1. The highest BCUT2D eigenvalue weighted by molar-refractivity contribution is 7.84. The second kappa shape index (κ2) is 8.90. The van der Waals surface area contributed by atoms with Gasteiger partial charge in [-0.3, -0.25) is 9.00 Å². The standard InChI is InChI=1S/C20H16ClN5O2S/c1-13(3-4-18(27)15-8-16(21)10-17(9-15)29(2)28)20-24-12-25-26(20)19-7-14(11-22)5-6-23-19/h5-10,12H,1,3-4H2,2H3. The number of hydrogen-bond donors (Lipinski definition) is 0. The van der Waals surface area contributed by atoms with Crippen molar-refractivity contribution in [2.45, 2.75) is 17.7 Å². The van der Waals surface area contributed by atoms with Crippen LogP contribution in [-0.4, -0.2) is 36.0 Å². The van der Waals surface area contributed by atoms with Gasteiger partial charge < -0.3 is 0 Å². The molecule has 0 bridgehead atoms. The molecule has 0 radical (unpaired) electrons. The number of benzene rings is 1. The van der Waals surface area contributed by atoms with Crippen molar-refractivity contribution in [2.24, 2.45) is 0 Å². The fourth-order valence-electron chi connectivity index (χ4n) is 2.66. The number of aromatic nitrogens is 4. The highest BCUT2D eigenvalue weighted by Crippen LogP contribution is 2.22. The normalized spacial score (nSPS) is 11.6. The molecule has 7 nitrogen and oxygen atoms in total. The minimum Gasteiger partial charge on any atom is -0.294 e. The number of nitrogens with zero attached hydrogens (tertiary/aromatic N) is 5. The number of carbonyl (C=O) groups is 1. The van der Waals surface area contributed by atoms with E-state index >= 15 is 0 Å². The summed E-state index contributed by atoms with van der Waals surface area (Å²) in [6.07, 6.45) is 4.92. The van der Waals surface area contributed by atoms with Crippen LogP contribution in [0.25, 0.3) is 11.4 Å². The second-order valence-electron chi connectivity index (χ2n) is 6.17. The number of pyridine rings is 1. The molecule has 0 fully saturated rings. The molecule has 0 aliphatic rings. The van der Waals surface area contributed by atoms with E-state index in [1.165, 1.54) is 23.5 Å². The Balaban J connectivity index is 1.76. The Kier molecular flexibility index (Phi) is 6.32. The first-order valence-electron chi connectivity index (χ1n) is 8.51. The lowest BCUT2D eigenvalue weighted by Crippen LogP contribution is -2.06. The molecule has 1 unspecified atom stereocenters. The maximum Gasteiger partial charge on any atom is 0.163 e. The number of Topliss-reactive ketones (excluding diaryl/α,β-unsaturated/α-hetero) is 1. The fourth-order valence-corrected chi connectivity index (χ4v) is 3.55. The van der Waals surface area contributed by atoms with E-state index in [0.29, 0.717) is 44.7 Å². The minimum absolute atomic E-state index is 0.143. The number of halogens is 1. The fraction of sp³-hybridized carbons (Fsp3) is 0.150. The number of nitriles is 1. The number of hydrogen-bond acceptors (Lipinski definition) is 6. The Morgan fingerprint density at radius 1 is 1.28 bits per heavy atom. The molecule has 0 spiro atoms. The molecule has 0 saturated heterocycles. The minimum atomic E-state index is -1.24. The van der Waals surface area contributed by atoms with Crippen molar-refractivity contribution < 1.29 is 9.00 Å². The monoisotopic (exact) mass is 425 g/mol. The van der Waals surface area contributed by atoms with E-state index in [9.17, 15) is 9.00 Å². The van der Waals surface area contributed by atoms with Crippen molar-refractivity contribution >= 4 is 33.8 Å². The third-order valence-corrected chi connectivity index (χ3v) is 5.25. The lowest BCUT2D eigenvalue weighted by molar-refractivity contribution is 0.0984. The van der Waals surface area contributed by atoms with Crippen LogP contribution in [0.15, 0.2) is 54.3 Å². The summed E-state index contributed by atoms with van der Waals surface area (Å²) >= 11 is 6.04. The van der Waals surface area contributed by atoms with Gasteiger partial charge >= 0.3 is 0 Å². The van der Waals surface area contributed by atoms with Crippen LogP contribution in [0.4, 0.5) is 0 Å². The lowest BCUT2D eigenvalue weighted by Gasteiger charge is -2.08. The molecular weight excluding hydrogens is 410 g/mol. The zero-order valence-corrected chi connectivity index (χ0v) is 17.1. The first-order chi connectivity index (χ1) is 13.9. The van der Waals surface area contributed by atoms with Gasteiger partial charge in [-0.2, -0.15) is 15.0 Å². The van der Waals surface area contributed by atoms with Crippen LogP contribution in [0.1, 0.15) is 34.6 Å². The molecule has 9 heteroatoms. The molecule has 3 aromatic rings. The molecular formula is C20H16ClN5O2S. The van der Waals surface area contributed by atoms with Crippen LogP contribution in [0, 0.1) is 11.3 Å². The van der Waals surface area contributed by atoms with Crippen LogP contribution in [0.3, 0.4) is 0 Å². The van der Waals surface area contributed by atoms with Crippen LogP contribution >= 0.6 is 11.6 Å². The Hall–Kier alpha value is -3.15. The third kappa shape index (κ3) is 4.83. The highest BCUT2D eigenvalue weighted by atomic mass is 35.5. The van der Waals surface area contributed by atoms with Crippen molar-refractivity contribution in [1.29, 1.82) is 5.26 Å². The SMILES string of the molecule is C=C(CCC(=O)c1cc(Cl)cc(S(C)=O)c1)c1ncnn1-c1cc(C#N)ccn1. The molecule has 146 valence electrons. The first-order valence-corrected chi connectivity index (χ1v) is 10.4. The molecule has 1 atom stereocenters. The van der Waals surface area contributed by atoms with Gasteiger partial charge in [-0.05, 0) is 36.3 Å². The Morgan fingerprint density at radius 2 is 2.07 bits per heavy atom. The largest absolute Gasteiger partial charge is 0.294 e. The molecule has 2 heterocycles. The molecule has 0 aliphatic heterocycles. The van der Waals surface area contributed by atoms with Crippen LogP contribution in [0.2, 0.25) is 5.02 Å². The third-order valence-electron chi connectivity index (χ3n) is 4.13. The summed E-state index contributed by atoms with van der Waals surface area (Å²) in [5.74, 6) is 0.756. The van der Waals surface area contributed by atoms with E-state index in [-0.39, 0.29) is 12.2 Å².